The molecule has 3 rings (SSSR count). The molecule has 4 N–H and O–H groups in total. The molecule has 0 saturated carbocycles. The van der Waals surface area contributed by atoms with E-state index in [4.69, 9.17) is 9.47 Å². The standard InChI is InChI=1S/C42H62N6O11S/c1-9-26(6)37(46-38(51)32-12-10-11-17-43-32)41(53)47(23-58-36(50)18-24(2)3)34(25(4)5)21-35(59-28(8)49)40-45-33(22-60-40)39(52)44-30(19-27(7)42(54)55)20-29-13-15-31(16-14-29)48(56)57/h13-16,22,24-27,30,32,34-35,37,43H,9-12,17-21,23H2,1-8H3,(H,44,52)(H,46,51)(H,54,55)/t26-,27?,30+,32+,34+,35+,37-/m0/s1. The third-order valence-corrected chi connectivity index (χ3v) is 11.6. The molecule has 0 bridgehead atoms. The van der Waals surface area contributed by atoms with Gasteiger partial charge in [0.2, 0.25) is 11.8 Å². The molecule has 1 aliphatic rings. The van der Waals surface area contributed by atoms with E-state index in [0.29, 0.717) is 24.9 Å². The number of aromatic nitrogens is 1. The van der Waals surface area contributed by atoms with Crippen molar-refractivity contribution in [2.75, 3.05) is 13.3 Å². The lowest BCUT2D eigenvalue weighted by atomic mass is 9.92. The largest absolute Gasteiger partial charge is 0.481 e. The summed E-state index contributed by atoms with van der Waals surface area (Å²) in [5, 5.41) is 31.6. The molecule has 1 saturated heterocycles. The van der Waals surface area contributed by atoms with Gasteiger partial charge in [0.1, 0.15) is 16.7 Å². The summed E-state index contributed by atoms with van der Waals surface area (Å²) in [5.74, 6) is -4.96. The Morgan fingerprint density at radius 3 is 2.27 bits per heavy atom. The topological polar surface area (TPSA) is 236 Å². The molecule has 1 aliphatic heterocycles. The number of hydrogen-bond donors (Lipinski definition) is 4. The monoisotopic (exact) mass is 858 g/mol. The Bertz CT molecular complexity index is 1780. The highest BCUT2D eigenvalue weighted by molar-refractivity contribution is 7.09. The van der Waals surface area contributed by atoms with E-state index in [1.54, 1.807) is 12.1 Å². The van der Waals surface area contributed by atoms with E-state index in [1.807, 2.05) is 41.5 Å². The molecule has 3 amide bonds. The van der Waals surface area contributed by atoms with Crippen LogP contribution in [-0.4, -0.2) is 93.0 Å². The molecule has 1 aromatic heterocycles. The molecule has 1 fully saturated rings. The number of nitro benzene ring substituents is 1. The minimum atomic E-state index is -1.06. The number of carbonyl (C=O) groups is 6. The van der Waals surface area contributed by atoms with Crippen molar-refractivity contribution in [2.24, 2.45) is 23.7 Å². The van der Waals surface area contributed by atoms with E-state index < -0.39 is 77.6 Å². The minimum absolute atomic E-state index is 0.000466. The van der Waals surface area contributed by atoms with Crippen LogP contribution >= 0.6 is 11.3 Å². The van der Waals surface area contributed by atoms with Gasteiger partial charge in [-0.15, -0.1) is 11.3 Å². The molecule has 332 valence electrons. The van der Waals surface area contributed by atoms with Crippen LogP contribution in [0.25, 0.3) is 0 Å². The molecule has 1 unspecified atom stereocenters. The average molecular weight is 859 g/mol. The highest BCUT2D eigenvalue weighted by atomic mass is 32.1. The van der Waals surface area contributed by atoms with Crippen molar-refractivity contribution < 1.29 is 48.3 Å². The zero-order valence-electron chi connectivity index (χ0n) is 35.9. The van der Waals surface area contributed by atoms with Crippen LogP contribution < -0.4 is 16.0 Å². The fourth-order valence-electron chi connectivity index (χ4n) is 6.98. The summed E-state index contributed by atoms with van der Waals surface area (Å²) in [7, 11) is 0. The highest BCUT2D eigenvalue weighted by Crippen LogP contribution is 2.32. The van der Waals surface area contributed by atoms with Crippen LogP contribution in [0.5, 0.6) is 0 Å². The quantitative estimate of drug-likeness (QED) is 0.0464. The average Bonchev–Trinajstić information content (AvgIpc) is 3.69. The summed E-state index contributed by atoms with van der Waals surface area (Å²) in [6.45, 7) is 14.3. The van der Waals surface area contributed by atoms with Gasteiger partial charge in [-0.3, -0.25) is 38.9 Å². The number of nitrogens with one attached hydrogen (secondary N) is 3. The predicted octanol–water partition coefficient (Wildman–Crippen LogP) is 5.57. The van der Waals surface area contributed by atoms with Gasteiger partial charge in [-0.25, -0.2) is 4.98 Å². The molecule has 0 radical (unpaired) electrons. The van der Waals surface area contributed by atoms with Crippen molar-refractivity contribution in [1.82, 2.24) is 25.8 Å². The van der Waals surface area contributed by atoms with Gasteiger partial charge in [0, 0.05) is 49.4 Å². The summed E-state index contributed by atoms with van der Waals surface area (Å²) >= 11 is 1.06. The van der Waals surface area contributed by atoms with Crippen LogP contribution in [0.4, 0.5) is 5.69 Å². The number of hydrogen-bond acceptors (Lipinski definition) is 13. The fraction of sp³-hybridized carbons (Fsp3) is 0.643. The first-order valence-corrected chi connectivity index (χ1v) is 21.6. The Morgan fingerprint density at radius 2 is 1.72 bits per heavy atom. The Hall–Kier alpha value is -4.97. The summed E-state index contributed by atoms with van der Waals surface area (Å²) in [6.07, 6.45) is 2.35. The van der Waals surface area contributed by atoms with Gasteiger partial charge in [-0.05, 0) is 55.5 Å². The number of rotatable bonds is 23. The Labute approximate surface area is 355 Å². The molecule has 7 atom stereocenters. The highest BCUT2D eigenvalue weighted by Gasteiger charge is 2.39. The lowest BCUT2D eigenvalue weighted by molar-refractivity contribution is -0.384. The zero-order valence-corrected chi connectivity index (χ0v) is 36.8. The number of nitrogens with zero attached hydrogens (tertiary/aromatic N) is 3. The van der Waals surface area contributed by atoms with Crippen molar-refractivity contribution >= 4 is 52.7 Å². The van der Waals surface area contributed by atoms with Crippen molar-refractivity contribution in [3.63, 3.8) is 0 Å². The number of thiazole rings is 1. The third-order valence-electron chi connectivity index (χ3n) is 10.6. The maximum Gasteiger partial charge on any atom is 0.307 e. The summed E-state index contributed by atoms with van der Waals surface area (Å²) < 4.78 is 11.5. The van der Waals surface area contributed by atoms with E-state index >= 15 is 0 Å². The predicted molar refractivity (Wildman–Crippen MR) is 224 cm³/mol. The maximum absolute atomic E-state index is 14.7. The molecule has 0 aliphatic carbocycles. The molecule has 2 heterocycles. The van der Waals surface area contributed by atoms with Crippen molar-refractivity contribution in [1.29, 1.82) is 0 Å². The number of ether oxygens (including phenoxy) is 2. The van der Waals surface area contributed by atoms with Crippen LogP contribution in [0.2, 0.25) is 0 Å². The van der Waals surface area contributed by atoms with E-state index in [0.717, 1.165) is 24.2 Å². The van der Waals surface area contributed by atoms with Crippen LogP contribution in [-0.2, 0) is 39.9 Å². The van der Waals surface area contributed by atoms with Gasteiger partial charge in [0.25, 0.3) is 11.6 Å². The number of benzene rings is 1. The number of aliphatic carboxylic acids is 1. The first-order valence-electron chi connectivity index (χ1n) is 20.7. The van der Waals surface area contributed by atoms with Crippen LogP contribution in [0.1, 0.15) is 127 Å². The van der Waals surface area contributed by atoms with Crippen molar-refractivity contribution in [3.05, 3.63) is 56.0 Å². The van der Waals surface area contributed by atoms with E-state index in [9.17, 15) is 44.0 Å². The lowest BCUT2D eigenvalue weighted by Gasteiger charge is -2.39. The number of carboxylic acid groups (broad SMARTS) is 1. The molecule has 1 aromatic carbocycles. The molecular formula is C42H62N6O11S. The van der Waals surface area contributed by atoms with Crippen LogP contribution in [0.3, 0.4) is 0 Å². The molecule has 2 aromatic rings. The van der Waals surface area contributed by atoms with Crippen molar-refractivity contribution in [2.45, 2.75) is 137 Å². The Morgan fingerprint density at radius 1 is 1.03 bits per heavy atom. The second-order valence-electron chi connectivity index (χ2n) is 16.4. The number of non-ortho nitro benzene ring substituents is 1. The first kappa shape index (κ1) is 49.4. The second kappa shape index (κ2) is 23.7. The van der Waals surface area contributed by atoms with Gasteiger partial charge in [0.15, 0.2) is 12.8 Å². The van der Waals surface area contributed by atoms with Gasteiger partial charge in [-0.2, -0.15) is 0 Å². The maximum atomic E-state index is 14.7. The van der Waals surface area contributed by atoms with Gasteiger partial charge < -0.3 is 35.4 Å². The van der Waals surface area contributed by atoms with Crippen LogP contribution in [0.15, 0.2) is 29.6 Å². The first-order chi connectivity index (χ1) is 28.3. The number of amides is 3. The third kappa shape index (κ3) is 15.2. The van der Waals surface area contributed by atoms with E-state index in [2.05, 4.69) is 20.9 Å². The van der Waals surface area contributed by atoms with E-state index in [1.165, 1.54) is 36.3 Å². The summed E-state index contributed by atoms with van der Waals surface area (Å²) in [5.41, 5.74) is 0.521. The number of carboxylic acids is 1. The number of carbonyl (C=O) groups excluding carboxylic acids is 5. The van der Waals surface area contributed by atoms with E-state index in [-0.39, 0.29) is 65.7 Å². The Balaban J connectivity index is 1.95. The zero-order chi connectivity index (χ0) is 44.7. The Kier molecular flexibility index (Phi) is 19.5. The number of esters is 2. The lowest BCUT2D eigenvalue weighted by Crippen LogP contribution is -2.59. The summed E-state index contributed by atoms with van der Waals surface area (Å²) in [4.78, 5) is 95.7. The van der Waals surface area contributed by atoms with Gasteiger partial charge >= 0.3 is 17.9 Å². The molecule has 17 nitrogen and oxygen atoms in total. The SMILES string of the molecule is CC[C@H](C)[C@H](NC(=O)[C@H]1CCCCN1)C(=O)N(COC(=O)CC(C)C)[C@H](C[C@@H](OC(C)=O)c1nc(C(=O)N[C@@H](Cc2ccc([N+](=O)[O-])cc2)CC(C)C(=O)O)cs1)C(C)C. The van der Waals surface area contributed by atoms with Crippen molar-refractivity contribution in [3.8, 4) is 0 Å². The smallest absolute Gasteiger partial charge is 0.307 e. The summed E-state index contributed by atoms with van der Waals surface area (Å²) in [6, 6.07) is 2.96. The molecular weight excluding hydrogens is 797 g/mol. The molecule has 18 heteroatoms. The van der Waals surface area contributed by atoms with Gasteiger partial charge in [-0.1, -0.05) is 73.4 Å². The number of piperidine rings is 1. The molecule has 0 spiro atoms. The number of nitro groups is 1. The van der Waals surface area contributed by atoms with Gasteiger partial charge in [0.05, 0.1) is 16.9 Å². The minimum Gasteiger partial charge on any atom is -0.481 e. The normalized spacial score (nSPS) is 17.1. The van der Waals surface area contributed by atoms with Crippen LogP contribution in [0, 0.1) is 33.8 Å². The second-order valence-corrected chi connectivity index (χ2v) is 17.3. The molecule has 60 heavy (non-hydrogen) atoms. The fourth-order valence-corrected chi connectivity index (χ4v) is 7.82.